The number of hydrogen-bond acceptors (Lipinski definition) is 3. The second-order valence-corrected chi connectivity index (χ2v) is 6.28. The Bertz CT molecular complexity index is 519. The van der Waals surface area contributed by atoms with Crippen LogP contribution in [0.4, 0.5) is 4.39 Å². The number of hydrogen-bond donors (Lipinski definition) is 1. The highest BCUT2D eigenvalue weighted by atomic mass is 79.9. The standard InChI is InChI=1S/C14H16BrFO3S/c1-3-5-8(4-2)14(19)20-12-6-9(13(17)18)11(16)7-10(12)15/h6-8H,3-5H2,1-2H3,(H,17,18). The van der Waals surface area contributed by atoms with Gasteiger partial charge in [-0.25, -0.2) is 9.18 Å². The van der Waals surface area contributed by atoms with Crippen molar-refractivity contribution < 1.29 is 19.1 Å². The average Bonchev–Trinajstić information content (AvgIpc) is 2.38. The number of halogens is 2. The summed E-state index contributed by atoms with van der Waals surface area (Å²) in [5, 5.41) is 8.89. The minimum Gasteiger partial charge on any atom is -0.478 e. The summed E-state index contributed by atoms with van der Waals surface area (Å²) in [7, 11) is 0. The van der Waals surface area contributed by atoms with E-state index >= 15 is 0 Å². The summed E-state index contributed by atoms with van der Waals surface area (Å²) in [6, 6.07) is 2.28. The van der Waals surface area contributed by atoms with E-state index in [-0.39, 0.29) is 11.0 Å². The quantitative estimate of drug-likeness (QED) is 0.743. The molecule has 0 saturated heterocycles. The van der Waals surface area contributed by atoms with Crippen molar-refractivity contribution in [3.63, 3.8) is 0 Å². The van der Waals surface area contributed by atoms with Gasteiger partial charge in [-0.3, -0.25) is 4.79 Å². The molecule has 3 nitrogen and oxygen atoms in total. The first-order valence-electron chi connectivity index (χ1n) is 6.34. The predicted molar refractivity (Wildman–Crippen MR) is 80.6 cm³/mol. The lowest BCUT2D eigenvalue weighted by Gasteiger charge is -2.13. The molecular weight excluding hydrogens is 347 g/mol. The van der Waals surface area contributed by atoms with Gasteiger partial charge in [-0.05, 0) is 40.9 Å². The molecule has 0 heterocycles. The van der Waals surface area contributed by atoms with E-state index in [2.05, 4.69) is 15.9 Å². The molecule has 0 aliphatic rings. The van der Waals surface area contributed by atoms with E-state index in [4.69, 9.17) is 5.11 Å². The van der Waals surface area contributed by atoms with Crippen molar-refractivity contribution >= 4 is 38.8 Å². The van der Waals surface area contributed by atoms with Crippen molar-refractivity contribution in [3.8, 4) is 0 Å². The van der Waals surface area contributed by atoms with Crippen molar-refractivity contribution in [3.05, 3.63) is 28.0 Å². The van der Waals surface area contributed by atoms with E-state index < -0.39 is 17.3 Å². The van der Waals surface area contributed by atoms with E-state index in [0.29, 0.717) is 9.37 Å². The van der Waals surface area contributed by atoms with Gasteiger partial charge in [0.25, 0.3) is 0 Å². The summed E-state index contributed by atoms with van der Waals surface area (Å²) in [6.45, 7) is 3.96. The van der Waals surface area contributed by atoms with Gasteiger partial charge in [0.2, 0.25) is 0 Å². The Morgan fingerprint density at radius 2 is 2.05 bits per heavy atom. The topological polar surface area (TPSA) is 54.4 Å². The smallest absolute Gasteiger partial charge is 0.338 e. The molecule has 0 bridgehead atoms. The predicted octanol–water partition coefficient (Wildman–Crippen LogP) is 4.73. The van der Waals surface area contributed by atoms with Crippen LogP contribution in [0.2, 0.25) is 0 Å². The normalized spacial score (nSPS) is 12.2. The number of benzene rings is 1. The average molecular weight is 363 g/mol. The van der Waals surface area contributed by atoms with E-state index in [1.54, 1.807) is 0 Å². The second kappa shape index (κ2) is 7.78. The molecule has 20 heavy (non-hydrogen) atoms. The Labute approximate surface area is 130 Å². The molecule has 0 amide bonds. The maximum atomic E-state index is 13.5. The van der Waals surface area contributed by atoms with Crippen molar-refractivity contribution in [1.82, 2.24) is 0 Å². The largest absolute Gasteiger partial charge is 0.478 e. The minimum absolute atomic E-state index is 0.0157. The lowest BCUT2D eigenvalue weighted by atomic mass is 10.0. The molecule has 1 rings (SSSR count). The minimum atomic E-state index is -1.34. The third-order valence-corrected chi connectivity index (χ3v) is 4.94. The van der Waals surface area contributed by atoms with E-state index in [9.17, 15) is 14.0 Å². The Hall–Kier alpha value is -0.880. The molecule has 1 aromatic carbocycles. The van der Waals surface area contributed by atoms with E-state index in [1.807, 2.05) is 13.8 Å². The number of rotatable bonds is 6. The van der Waals surface area contributed by atoms with Crippen molar-refractivity contribution in [2.24, 2.45) is 5.92 Å². The number of carboxylic acid groups (broad SMARTS) is 1. The van der Waals surface area contributed by atoms with Crippen molar-refractivity contribution in [2.75, 3.05) is 0 Å². The van der Waals surface area contributed by atoms with Crippen LogP contribution in [0, 0.1) is 11.7 Å². The van der Waals surface area contributed by atoms with Crippen LogP contribution in [-0.2, 0) is 4.79 Å². The van der Waals surface area contributed by atoms with Crippen LogP contribution < -0.4 is 0 Å². The lowest BCUT2D eigenvalue weighted by Crippen LogP contribution is -2.10. The Morgan fingerprint density at radius 3 is 2.55 bits per heavy atom. The van der Waals surface area contributed by atoms with E-state index in [0.717, 1.165) is 37.1 Å². The molecule has 0 aromatic heterocycles. The number of carboxylic acids is 1. The molecule has 0 aliphatic heterocycles. The van der Waals surface area contributed by atoms with Crippen LogP contribution in [-0.4, -0.2) is 16.2 Å². The third-order valence-electron chi connectivity index (χ3n) is 2.93. The lowest BCUT2D eigenvalue weighted by molar-refractivity contribution is -0.114. The summed E-state index contributed by atoms with van der Waals surface area (Å²) >= 11 is 4.13. The highest BCUT2D eigenvalue weighted by Gasteiger charge is 2.20. The maximum Gasteiger partial charge on any atom is 0.338 e. The molecule has 0 fully saturated rings. The third kappa shape index (κ3) is 4.31. The summed E-state index contributed by atoms with van der Waals surface area (Å²) in [5.74, 6) is -2.22. The van der Waals surface area contributed by atoms with Gasteiger partial charge in [0.1, 0.15) is 5.82 Å². The summed E-state index contributed by atoms with van der Waals surface area (Å²) in [5.41, 5.74) is -0.424. The zero-order valence-electron chi connectivity index (χ0n) is 11.3. The van der Waals surface area contributed by atoms with Gasteiger partial charge in [0, 0.05) is 15.3 Å². The van der Waals surface area contributed by atoms with Crippen molar-refractivity contribution in [1.29, 1.82) is 0 Å². The molecule has 1 atom stereocenters. The molecule has 0 aliphatic carbocycles. The van der Waals surface area contributed by atoms with Crippen LogP contribution >= 0.6 is 27.7 Å². The van der Waals surface area contributed by atoms with Crippen LogP contribution in [0.1, 0.15) is 43.5 Å². The van der Waals surface area contributed by atoms with E-state index in [1.165, 1.54) is 6.07 Å². The summed E-state index contributed by atoms with van der Waals surface area (Å²) in [4.78, 5) is 23.5. The molecule has 1 aromatic rings. The fourth-order valence-corrected chi connectivity index (χ4v) is 3.36. The van der Waals surface area contributed by atoms with Crippen molar-refractivity contribution in [2.45, 2.75) is 38.0 Å². The fraction of sp³-hybridized carbons (Fsp3) is 0.429. The molecule has 110 valence electrons. The van der Waals surface area contributed by atoms with Gasteiger partial charge in [-0.2, -0.15) is 0 Å². The SMILES string of the molecule is CCCC(CC)C(=O)Sc1cc(C(=O)O)c(F)cc1Br. The fourth-order valence-electron chi connectivity index (χ4n) is 1.80. The van der Waals surface area contributed by atoms with Gasteiger partial charge in [-0.1, -0.05) is 32.0 Å². The number of thioether (sulfide) groups is 1. The molecule has 6 heteroatoms. The Kier molecular flexibility index (Phi) is 6.68. The summed E-state index contributed by atoms with van der Waals surface area (Å²) in [6.07, 6.45) is 2.45. The zero-order valence-corrected chi connectivity index (χ0v) is 13.7. The number of aromatic carboxylic acids is 1. The Balaban J connectivity index is 3.00. The molecular formula is C14H16BrFO3S. The van der Waals surface area contributed by atoms with Crippen LogP contribution in [0.5, 0.6) is 0 Å². The molecule has 1 N–H and O–H groups in total. The first kappa shape index (κ1) is 17.2. The highest BCUT2D eigenvalue weighted by Crippen LogP contribution is 2.33. The maximum absolute atomic E-state index is 13.5. The van der Waals surface area contributed by atoms with Crippen LogP contribution in [0.3, 0.4) is 0 Å². The number of carbonyl (C=O) groups excluding carboxylic acids is 1. The first-order valence-corrected chi connectivity index (χ1v) is 7.95. The highest BCUT2D eigenvalue weighted by molar-refractivity contribution is 9.10. The van der Waals surface area contributed by atoms with Gasteiger partial charge in [-0.15, -0.1) is 0 Å². The first-order chi connectivity index (χ1) is 9.40. The monoisotopic (exact) mass is 362 g/mol. The Morgan fingerprint density at radius 1 is 1.40 bits per heavy atom. The van der Waals surface area contributed by atoms with Gasteiger partial charge in [0.15, 0.2) is 5.12 Å². The summed E-state index contributed by atoms with van der Waals surface area (Å²) < 4.78 is 13.9. The second-order valence-electron chi connectivity index (χ2n) is 4.38. The van der Waals surface area contributed by atoms with Gasteiger partial charge in [0.05, 0.1) is 5.56 Å². The zero-order chi connectivity index (χ0) is 15.3. The van der Waals surface area contributed by atoms with Gasteiger partial charge >= 0.3 is 5.97 Å². The molecule has 0 radical (unpaired) electrons. The van der Waals surface area contributed by atoms with Crippen LogP contribution in [0.15, 0.2) is 21.5 Å². The number of carbonyl (C=O) groups is 2. The van der Waals surface area contributed by atoms with Gasteiger partial charge < -0.3 is 5.11 Å². The molecule has 0 saturated carbocycles. The van der Waals surface area contributed by atoms with Crippen LogP contribution in [0.25, 0.3) is 0 Å². The molecule has 0 spiro atoms. The molecule has 1 unspecified atom stereocenters.